The molecule has 2 N–H and O–H groups in total. The Morgan fingerprint density at radius 1 is 1.03 bits per heavy atom. The van der Waals surface area contributed by atoms with Crippen molar-refractivity contribution in [3.05, 3.63) is 104 Å². The molecule has 9 heteroatoms. The van der Waals surface area contributed by atoms with E-state index in [-0.39, 0.29) is 11.4 Å². The van der Waals surface area contributed by atoms with Gasteiger partial charge in [0.25, 0.3) is 11.5 Å². The molecule has 0 radical (unpaired) electrons. The van der Waals surface area contributed by atoms with Gasteiger partial charge in [-0.2, -0.15) is 0 Å². The number of benzene rings is 3. The molecule has 0 atom stereocenters. The number of carbonyl (C=O) groups is 1. The number of hydrogen-bond donors (Lipinski definition) is 2. The number of halogens is 1. The van der Waals surface area contributed by atoms with E-state index in [2.05, 4.69) is 10.3 Å². The Kier molecular flexibility index (Phi) is 7.83. The molecule has 0 fully saturated rings. The molecule has 4 aromatic rings. The van der Waals surface area contributed by atoms with E-state index in [0.717, 1.165) is 38.6 Å². The standard InChI is InChI=1S/C30H31FN4O4/c1-17-20(19-13-25(31)24(16-34(3)4)27(14-19)39-6)9-7-10-21(17)22-11-8-12-26(18(22)2)33-28(36)23-15-32-30(38)35(5)29(23)37/h7-15H,16H2,1-6H3,(H,32,38)(H,33,36). The summed E-state index contributed by atoms with van der Waals surface area (Å²) >= 11 is 0. The van der Waals surface area contributed by atoms with Crippen LogP contribution in [-0.2, 0) is 13.6 Å². The minimum absolute atomic E-state index is 0.172. The Morgan fingerprint density at radius 3 is 2.33 bits per heavy atom. The summed E-state index contributed by atoms with van der Waals surface area (Å²) in [5.41, 5.74) is 4.62. The fourth-order valence-corrected chi connectivity index (χ4v) is 4.64. The minimum atomic E-state index is -0.687. The van der Waals surface area contributed by atoms with Crippen LogP contribution in [0.15, 0.2) is 64.3 Å². The number of hydrogen-bond acceptors (Lipinski definition) is 5. The predicted molar refractivity (Wildman–Crippen MR) is 151 cm³/mol. The van der Waals surface area contributed by atoms with Gasteiger partial charge in [-0.15, -0.1) is 0 Å². The Hall–Kier alpha value is -4.50. The van der Waals surface area contributed by atoms with Crippen molar-refractivity contribution in [3.63, 3.8) is 0 Å². The van der Waals surface area contributed by atoms with Crippen molar-refractivity contribution >= 4 is 11.6 Å². The zero-order valence-corrected chi connectivity index (χ0v) is 22.8. The summed E-state index contributed by atoms with van der Waals surface area (Å²) < 4.78 is 21.5. The summed E-state index contributed by atoms with van der Waals surface area (Å²) in [4.78, 5) is 41.2. The SMILES string of the molecule is COc1cc(-c2cccc(-c3cccc(NC(=O)c4c[nH]c(=O)n(C)c4=O)c3C)c2C)cc(F)c1CN(C)C. The zero-order chi connectivity index (χ0) is 28.4. The summed E-state index contributed by atoms with van der Waals surface area (Å²) in [6.45, 7) is 4.26. The fourth-order valence-electron chi connectivity index (χ4n) is 4.64. The highest BCUT2D eigenvalue weighted by atomic mass is 19.1. The molecule has 0 aliphatic rings. The monoisotopic (exact) mass is 530 g/mol. The lowest BCUT2D eigenvalue weighted by molar-refractivity contribution is 0.102. The molecule has 202 valence electrons. The van der Waals surface area contributed by atoms with E-state index in [4.69, 9.17) is 4.74 Å². The van der Waals surface area contributed by atoms with E-state index >= 15 is 4.39 Å². The third kappa shape index (κ3) is 5.39. The maximum Gasteiger partial charge on any atom is 0.328 e. The van der Waals surface area contributed by atoms with Crippen molar-refractivity contribution in [2.24, 2.45) is 7.05 Å². The molecule has 3 aromatic carbocycles. The summed E-state index contributed by atoms with van der Waals surface area (Å²) in [5.74, 6) is -0.479. The number of aromatic nitrogens is 2. The van der Waals surface area contributed by atoms with Crippen molar-refractivity contribution < 1.29 is 13.9 Å². The van der Waals surface area contributed by atoms with Gasteiger partial charge in [0, 0.05) is 31.0 Å². The number of methoxy groups -OCH3 is 1. The van der Waals surface area contributed by atoms with Crippen LogP contribution in [0.1, 0.15) is 27.0 Å². The minimum Gasteiger partial charge on any atom is -0.496 e. The number of aromatic amines is 1. The lowest BCUT2D eigenvalue weighted by Crippen LogP contribution is -2.37. The molecule has 0 aliphatic carbocycles. The lowest BCUT2D eigenvalue weighted by Gasteiger charge is -2.19. The van der Waals surface area contributed by atoms with Gasteiger partial charge in [-0.3, -0.25) is 14.2 Å². The first-order chi connectivity index (χ1) is 18.5. The zero-order valence-electron chi connectivity index (χ0n) is 22.8. The Labute approximate surface area is 225 Å². The summed E-state index contributed by atoms with van der Waals surface area (Å²) in [6.07, 6.45) is 1.12. The molecule has 0 saturated heterocycles. The van der Waals surface area contributed by atoms with E-state index in [0.29, 0.717) is 29.1 Å². The topological polar surface area (TPSA) is 96.4 Å². The molecule has 0 spiro atoms. The first kappa shape index (κ1) is 27.5. The highest BCUT2D eigenvalue weighted by Gasteiger charge is 2.18. The number of nitrogens with zero attached hydrogens (tertiary/aromatic N) is 2. The number of amides is 1. The van der Waals surface area contributed by atoms with Gasteiger partial charge in [0.1, 0.15) is 17.1 Å². The van der Waals surface area contributed by atoms with Gasteiger partial charge in [-0.05, 0) is 79.5 Å². The highest BCUT2D eigenvalue weighted by Crippen LogP contribution is 2.37. The molecule has 4 rings (SSSR count). The number of nitrogens with one attached hydrogen (secondary N) is 2. The van der Waals surface area contributed by atoms with Crippen molar-refractivity contribution in [1.29, 1.82) is 0 Å². The second-order valence-corrected chi connectivity index (χ2v) is 9.66. The van der Waals surface area contributed by atoms with Crippen molar-refractivity contribution in [2.45, 2.75) is 20.4 Å². The maximum atomic E-state index is 15.2. The van der Waals surface area contributed by atoms with Gasteiger partial charge in [-0.25, -0.2) is 9.18 Å². The number of ether oxygens (including phenoxy) is 1. The quantitative estimate of drug-likeness (QED) is 0.367. The third-order valence-electron chi connectivity index (χ3n) is 6.79. The van der Waals surface area contributed by atoms with Crippen LogP contribution in [0.2, 0.25) is 0 Å². The van der Waals surface area contributed by atoms with Crippen LogP contribution in [0.3, 0.4) is 0 Å². The van der Waals surface area contributed by atoms with Crippen LogP contribution in [0.4, 0.5) is 10.1 Å². The normalized spacial score (nSPS) is 11.1. The van der Waals surface area contributed by atoms with E-state index in [1.165, 1.54) is 20.2 Å². The Balaban J connectivity index is 1.74. The van der Waals surface area contributed by atoms with Crippen molar-refractivity contribution in [1.82, 2.24) is 14.5 Å². The average molecular weight is 531 g/mol. The van der Waals surface area contributed by atoms with Crippen LogP contribution >= 0.6 is 0 Å². The molecule has 0 aliphatic heterocycles. The largest absolute Gasteiger partial charge is 0.496 e. The van der Waals surface area contributed by atoms with Crippen LogP contribution < -0.4 is 21.3 Å². The molecule has 1 amide bonds. The molecular formula is C30H31FN4O4. The van der Waals surface area contributed by atoms with Crippen molar-refractivity contribution in [2.75, 3.05) is 26.5 Å². The Bertz CT molecular complexity index is 1690. The van der Waals surface area contributed by atoms with Crippen LogP contribution in [0, 0.1) is 19.7 Å². The molecule has 1 heterocycles. The average Bonchev–Trinajstić information content (AvgIpc) is 2.89. The Morgan fingerprint density at radius 2 is 1.67 bits per heavy atom. The molecule has 0 saturated carbocycles. The summed E-state index contributed by atoms with van der Waals surface area (Å²) in [5, 5.41) is 2.79. The van der Waals surface area contributed by atoms with E-state index in [1.54, 1.807) is 6.07 Å². The van der Waals surface area contributed by atoms with Gasteiger partial charge in [0.15, 0.2) is 0 Å². The van der Waals surface area contributed by atoms with Gasteiger partial charge in [0.2, 0.25) is 0 Å². The number of carbonyl (C=O) groups excluding carboxylic acids is 1. The second kappa shape index (κ2) is 11.1. The van der Waals surface area contributed by atoms with Crippen molar-refractivity contribution in [3.8, 4) is 28.0 Å². The molecule has 0 bridgehead atoms. The maximum absolute atomic E-state index is 15.2. The number of rotatable bonds is 7. The van der Waals surface area contributed by atoms with E-state index in [1.807, 2.05) is 69.2 Å². The van der Waals surface area contributed by atoms with E-state index in [9.17, 15) is 14.4 Å². The highest BCUT2D eigenvalue weighted by molar-refractivity contribution is 6.04. The molecule has 8 nitrogen and oxygen atoms in total. The fraction of sp³-hybridized carbons (Fsp3) is 0.233. The first-order valence-corrected chi connectivity index (χ1v) is 12.3. The lowest BCUT2D eigenvalue weighted by atomic mass is 9.90. The summed E-state index contributed by atoms with van der Waals surface area (Å²) in [6, 6.07) is 14.7. The molecule has 39 heavy (non-hydrogen) atoms. The van der Waals surface area contributed by atoms with Crippen LogP contribution in [-0.4, -0.2) is 41.6 Å². The molecular weight excluding hydrogens is 499 g/mol. The number of anilines is 1. The van der Waals surface area contributed by atoms with Crippen LogP contribution in [0.25, 0.3) is 22.3 Å². The molecule has 0 unspecified atom stereocenters. The van der Waals surface area contributed by atoms with Gasteiger partial charge >= 0.3 is 5.69 Å². The van der Waals surface area contributed by atoms with Gasteiger partial charge in [0.05, 0.1) is 7.11 Å². The van der Waals surface area contributed by atoms with E-state index < -0.39 is 17.2 Å². The third-order valence-corrected chi connectivity index (χ3v) is 6.79. The molecule has 1 aromatic heterocycles. The second-order valence-electron chi connectivity index (χ2n) is 9.66. The number of H-pyrrole nitrogens is 1. The van der Waals surface area contributed by atoms with Crippen LogP contribution in [0.5, 0.6) is 5.75 Å². The smallest absolute Gasteiger partial charge is 0.328 e. The van der Waals surface area contributed by atoms with Gasteiger partial charge in [-0.1, -0.05) is 30.3 Å². The first-order valence-electron chi connectivity index (χ1n) is 12.3. The predicted octanol–water partition coefficient (Wildman–Crippen LogP) is 4.49. The van der Waals surface area contributed by atoms with Gasteiger partial charge < -0.3 is 19.9 Å². The summed E-state index contributed by atoms with van der Waals surface area (Å²) in [7, 11) is 6.59.